The zero-order valence-corrected chi connectivity index (χ0v) is 10.2. The van der Waals surface area contributed by atoms with Crippen molar-refractivity contribution in [1.82, 2.24) is 5.32 Å². The predicted molar refractivity (Wildman–Crippen MR) is 61.4 cm³/mol. The molecule has 0 radical (unpaired) electrons. The van der Waals surface area contributed by atoms with Crippen molar-refractivity contribution in [2.24, 2.45) is 0 Å². The first-order valence-corrected chi connectivity index (χ1v) is 5.40. The van der Waals surface area contributed by atoms with Crippen LogP contribution in [0.1, 0.15) is 10.4 Å². The Kier molecular flexibility index (Phi) is 5.17. The van der Waals surface area contributed by atoms with Crippen molar-refractivity contribution < 1.29 is 27.5 Å². The lowest BCUT2D eigenvalue weighted by Crippen LogP contribution is -2.36. The number of nitrogens with one attached hydrogen (secondary N) is 1. The first-order chi connectivity index (χ1) is 8.81. The van der Waals surface area contributed by atoms with Crippen LogP contribution in [0.3, 0.4) is 0 Å². The normalized spacial score (nSPS) is 10.9. The predicted octanol–water partition coefficient (Wildman–Crippen LogP) is 2.21. The molecule has 0 unspecified atom stereocenters. The second kappa shape index (κ2) is 6.42. The van der Waals surface area contributed by atoms with Gasteiger partial charge in [-0.15, -0.1) is 0 Å². The molecule has 0 aliphatic carbocycles. The van der Waals surface area contributed by atoms with Crippen molar-refractivity contribution in [2.75, 3.05) is 13.2 Å². The number of carbonyl (C=O) groups excluding carboxylic acids is 2. The average Bonchev–Trinajstić information content (AvgIpc) is 2.34. The van der Waals surface area contributed by atoms with Gasteiger partial charge in [0.1, 0.15) is 18.6 Å². The highest BCUT2D eigenvalue weighted by molar-refractivity contribution is 6.32. The number of rotatable bonds is 5. The third kappa shape index (κ3) is 5.60. The molecule has 0 aromatic heterocycles. The number of alkyl halides is 3. The highest BCUT2D eigenvalue weighted by Crippen LogP contribution is 2.24. The van der Waals surface area contributed by atoms with Gasteiger partial charge >= 0.3 is 6.18 Å². The Morgan fingerprint density at radius 3 is 2.63 bits per heavy atom. The van der Waals surface area contributed by atoms with Crippen LogP contribution in [0.5, 0.6) is 5.75 Å². The monoisotopic (exact) mass is 295 g/mol. The third-order valence-corrected chi connectivity index (χ3v) is 2.23. The van der Waals surface area contributed by atoms with E-state index in [1.807, 2.05) is 0 Å². The largest absolute Gasteiger partial charge is 0.482 e. The molecule has 1 N–H and O–H groups in total. The smallest absolute Gasteiger partial charge is 0.405 e. The van der Waals surface area contributed by atoms with Crippen molar-refractivity contribution >= 4 is 23.8 Å². The first kappa shape index (κ1) is 15.3. The summed E-state index contributed by atoms with van der Waals surface area (Å²) in [5, 5.41) is 1.74. The summed E-state index contributed by atoms with van der Waals surface area (Å²) in [5.74, 6) is -0.817. The molecule has 0 aliphatic rings. The van der Waals surface area contributed by atoms with Gasteiger partial charge in [-0.25, -0.2) is 0 Å². The molecule has 0 saturated carbocycles. The van der Waals surface area contributed by atoms with Crippen LogP contribution in [0.2, 0.25) is 5.02 Å². The first-order valence-electron chi connectivity index (χ1n) is 5.03. The molecule has 1 aromatic rings. The van der Waals surface area contributed by atoms with Crippen molar-refractivity contribution in [3.8, 4) is 5.75 Å². The molecule has 0 atom stereocenters. The third-order valence-electron chi connectivity index (χ3n) is 1.94. The fourth-order valence-electron chi connectivity index (χ4n) is 1.10. The maximum absolute atomic E-state index is 11.8. The van der Waals surface area contributed by atoms with Gasteiger partial charge in [0.25, 0.3) is 5.91 Å². The molecular formula is C11H9ClF3NO3. The Balaban J connectivity index is 2.48. The molecule has 1 rings (SSSR count). The molecule has 104 valence electrons. The molecule has 0 spiro atoms. The molecule has 4 nitrogen and oxygen atoms in total. The van der Waals surface area contributed by atoms with E-state index in [1.165, 1.54) is 18.2 Å². The summed E-state index contributed by atoms with van der Waals surface area (Å²) in [6.07, 6.45) is -3.90. The average molecular weight is 296 g/mol. The van der Waals surface area contributed by atoms with Crippen molar-refractivity contribution in [3.63, 3.8) is 0 Å². The molecule has 0 fully saturated rings. The van der Waals surface area contributed by atoms with Gasteiger partial charge in [0.05, 0.1) is 5.02 Å². The minimum atomic E-state index is -4.47. The van der Waals surface area contributed by atoms with Gasteiger partial charge in [-0.3, -0.25) is 9.59 Å². The Labute approximate surface area is 111 Å². The summed E-state index contributed by atoms with van der Waals surface area (Å²) in [7, 11) is 0. The maximum Gasteiger partial charge on any atom is 0.405 e. The van der Waals surface area contributed by atoms with Gasteiger partial charge in [0.15, 0.2) is 6.61 Å². The van der Waals surface area contributed by atoms with Crippen LogP contribution in [0, 0.1) is 0 Å². The number of hydrogen-bond acceptors (Lipinski definition) is 3. The van der Waals surface area contributed by atoms with Crippen LogP contribution >= 0.6 is 11.6 Å². The van der Waals surface area contributed by atoms with E-state index in [-0.39, 0.29) is 10.8 Å². The summed E-state index contributed by atoms with van der Waals surface area (Å²) in [6.45, 7) is -2.02. The van der Waals surface area contributed by atoms with Crippen LogP contribution < -0.4 is 10.1 Å². The molecule has 19 heavy (non-hydrogen) atoms. The molecule has 8 heteroatoms. The van der Waals surface area contributed by atoms with E-state index in [2.05, 4.69) is 0 Å². The molecule has 0 bridgehead atoms. The van der Waals surface area contributed by atoms with E-state index >= 15 is 0 Å². The highest BCUT2D eigenvalue weighted by atomic mass is 35.5. The highest BCUT2D eigenvalue weighted by Gasteiger charge is 2.27. The minimum Gasteiger partial charge on any atom is -0.482 e. The summed E-state index contributed by atoms with van der Waals surface area (Å²) >= 11 is 5.75. The minimum absolute atomic E-state index is 0.0909. The van der Waals surface area contributed by atoms with Gasteiger partial charge in [-0.1, -0.05) is 11.6 Å². The number of aldehydes is 1. The lowest BCUT2D eigenvalue weighted by atomic mass is 10.2. The number of halogens is 4. The Morgan fingerprint density at radius 2 is 2.11 bits per heavy atom. The maximum atomic E-state index is 11.8. The lowest BCUT2D eigenvalue weighted by molar-refractivity contribution is -0.139. The van der Waals surface area contributed by atoms with Crippen molar-refractivity contribution in [3.05, 3.63) is 28.8 Å². The molecule has 1 amide bonds. The Morgan fingerprint density at radius 1 is 1.42 bits per heavy atom. The molecular weight excluding hydrogens is 287 g/mol. The summed E-state index contributed by atoms with van der Waals surface area (Å²) in [5.41, 5.74) is 0.318. The van der Waals surface area contributed by atoms with Gasteiger partial charge in [0, 0.05) is 5.56 Å². The SMILES string of the molecule is O=Cc1ccc(OCC(=O)NCC(F)(F)F)c(Cl)c1. The van der Waals surface area contributed by atoms with E-state index in [4.69, 9.17) is 16.3 Å². The van der Waals surface area contributed by atoms with Gasteiger partial charge in [-0.05, 0) is 18.2 Å². The quantitative estimate of drug-likeness (QED) is 0.847. The van der Waals surface area contributed by atoms with Crippen LogP contribution in [0.25, 0.3) is 0 Å². The molecule has 1 aromatic carbocycles. The summed E-state index contributed by atoms with van der Waals surface area (Å²) < 4.78 is 40.4. The molecule has 0 aliphatic heterocycles. The van der Waals surface area contributed by atoms with Gasteiger partial charge in [0.2, 0.25) is 0 Å². The number of carbonyl (C=O) groups is 2. The number of ether oxygens (including phenoxy) is 1. The van der Waals surface area contributed by atoms with Crippen molar-refractivity contribution in [1.29, 1.82) is 0 Å². The zero-order valence-electron chi connectivity index (χ0n) is 9.46. The second-order valence-corrected chi connectivity index (χ2v) is 3.90. The van der Waals surface area contributed by atoms with E-state index in [1.54, 1.807) is 5.32 Å². The van der Waals surface area contributed by atoms with Crippen LogP contribution in [-0.2, 0) is 4.79 Å². The topological polar surface area (TPSA) is 55.4 Å². The molecule has 0 saturated heterocycles. The molecule has 0 heterocycles. The van der Waals surface area contributed by atoms with E-state index in [0.29, 0.717) is 11.8 Å². The van der Waals surface area contributed by atoms with Gasteiger partial charge in [-0.2, -0.15) is 13.2 Å². The van der Waals surface area contributed by atoms with Crippen LogP contribution in [-0.4, -0.2) is 31.5 Å². The van der Waals surface area contributed by atoms with E-state index in [0.717, 1.165) is 0 Å². The van der Waals surface area contributed by atoms with Crippen LogP contribution in [0.15, 0.2) is 18.2 Å². The standard InChI is InChI=1S/C11H9ClF3NO3/c12-8-3-7(4-17)1-2-9(8)19-5-10(18)16-6-11(13,14)15/h1-4H,5-6H2,(H,16,18). The number of hydrogen-bond donors (Lipinski definition) is 1. The fraction of sp³-hybridized carbons (Fsp3) is 0.273. The summed E-state index contributed by atoms with van der Waals surface area (Å²) in [4.78, 5) is 21.5. The Hall–Kier alpha value is -1.76. The van der Waals surface area contributed by atoms with Gasteiger partial charge < -0.3 is 10.1 Å². The number of amides is 1. The fourth-order valence-corrected chi connectivity index (χ4v) is 1.34. The van der Waals surface area contributed by atoms with E-state index < -0.39 is 25.2 Å². The lowest BCUT2D eigenvalue weighted by Gasteiger charge is -2.10. The number of benzene rings is 1. The Bertz CT molecular complexity index is 477. The zero-order chi connectivity index (χ0) is 14.5. The summed E-state index contributed by atoms with van der Waals surface area (Å²) in [6, 6.07) is 4.07. The van der Waals surface area contributed by atoms with E-state index in [9.17, 15) is 22.8 Å². The van der Waals surface area contributed by atoms with Crippen molar-refractivity contribution in [2.45, 2.75) is 6.18 Å². The second-order valence-electron chi connectivity index (χ2n) is 3.49. The van der Waals surface area contributed by atoms with Crippen LogP contribution in [0.4, 0.5) is 13.2 Å².